The number of alkyl halides is 1. The van der Waals surface area contributed by atoms with Crippen molar-refractivity contribution in [2.45, 2.75) is 37.6 Å². The predicted molar refractivity (Wildman–Crippen MR) is 77.1 cm³/mol. The fourth-order valence-corrected chi connectivity index (χ4v) is 2.96. The van der Waals surface area contributed by atoms with Crippen LogP contribution < -0.4 is 5.32 Å². The van der Waals surface area contributed by atoms with Crippen LogP contribution in [-0.4, -0.2) is 22.2 Å². The van der Waals surface area contributed by atoms with Crippen LogP contribution in [0, 0.1) is 15.9 Å². The van der Waals surface area contributed by atoms with Crippen LogP contribution in [-0.2, 0) is 0 Å². The van der Waals surface area contributed by atoms with E-state index < -0.39 is 22.2 Å². The second kappa shape index (κ2) is 6.39. The topological polar surface area (TPSA) is 72.2 Å². The van der Waals surface area contributed by atoms with Gasteiger partial charge in [-0.15, -0.1) is 11.6 Å². The van der Waals surface area contributed by atoms with E-state index in [1.165, 1.54) is 0 Å². The van der Waals surface area contributed by atoms with E-state index in [1.54, 1.807) is 0 Å². The summed E-state index contributed by atoms with van der Waals surface area (Å²) >= 11 is 5.98. The summed E-state index contributed by atoms with van der Waals surface area (Å²) in [4.78, 5) is 22.1. The fourth-order valence-electron chi connectivity index (χ4n) is 2.63. The van der Waals surface area contributed by atoms with E-state index >= 15 is 0 Å². The van der Waals surface area contributed by atoms with E-state index in [2.05, 4.69) is 5.32 Å². The molecule has 0 bridgehead atoms. The number of nitro groups is 1. The maximum absolute atomic E-state index is 13.8. The van der Waals surface area contributed by atoms with Gasteiger partial charge in [0.15, 0.2) is 0 Å². The molecular formula is C14H16ClFN2O3. The molecule has 7 heteroatoms. The van der Waals surface area contributed by atoms with Crippen LogP contribution in [0.3, 0.4) is 0 Å². The lowest BCUT2D eigenvalue weighted by Gasteiger charge is -2.36. The average molecular weight is 315 g/mol. The van der Waals surface area contributed by atoms with Crippen molar-refractivity contribution < 1.29 is 14.1 Å². The van der Waals surface area contributed by atoms with Crippen LogP contribution in [0.4, 0.5) is 10.1 Å². The number of halogens is 2. The van der Waals surface area contributed by atoms with Crippen molar-refractivity contribution in [3.05, 3.63) is 39.7 Å². The van der Waals surface area contributed by atoms with E-state index in [9.17, 15) is 19.3 Å². The third-order valence-electron chi connectivity index (χ3n) is 3.85. The molecule has 1 saturated carbocycles. The molecule has 1 aliphatic carbocycles. The number of hydrogen-bond acceptors (Lipinski definition) is 3. The molecule has 0 aromatic heterocycles. The molecule has 1 fully saturated rings. The van der Waals surface area contributed by atoms with Crippen molar-refractivity contribution in [1.29, 1.82) is 0 Å². The molecule has 1 amide bonds. The number of carbonyl (C=O) groups excluding carboxylic acids is 1. The van der Waals surface area contributed by atoms with Gasteiger partial charge in [0.2, 0.25) is 0 Å². The Kier molecular flexibility index (Phi) is 4.77. The first-order valence-electron chi connectivity index (χ1n) is 6.80. The van der Waals surface area contributed by atoms with Crippen LogP contribution in [0.15, 0.2) is 18.2 Å². The maximum atomic E-state index is 13.8. The average Bonchev–Trinajstić information content (AvgIpc) is 2.47. The SMILES string of the molecule is O=C(NC1(CCl)CCCCC1)c1ccc([N+](=O)[O-])cc1F. The first-order chi connectivity index (χ1) is 9.97. The Bertz CT molecular complexity index is 559. The molecule has 21 heavy (non-hydrogen) atoms. The van der Waals surface area contributed by atoms with E-state index in [0.717, 1.165) is 50.3 Å². The van der Waals surface area contributed by atoms with Crippen LogP contribution >= 0.6 is 11.6 Å². The van der Waals surface area contributed by atoms with Crippen LogP contribution in [0.2, 0.25) is 0 Å². The highest BCUT2D eigenvalue weighted by Gasteiger charge is 2.33. The molecule has 0 aliphatic heterocycles. The smallest absolute Gasteiger partial charge is 0.272 e. The largest absolute Gasteiger partial charge is 0.345 e. The lowest BCUT2D eigenvalue weighted by Crippen LogP contribution is -2.51. The summed E-state index contributed by atoms with van der Waals surface area (Å²) in [6, 6.07) is 3.00. The van der Waals surface area contributed by atoms with Crippen molar-refractivity contribution >= 4 is 23.2 Å². The van der Waals surface area contributed by atoms with Gasteiger partial charge in [0.1, 0.15) is 5.82 Å². The molecule has 0 unspecified atom stereocenters. The third kappa shape index (κ3) is 3.50. The van der Waals surface area contributed by atoms with Crippen molar-refractivity contribution in [2.75, 3.05) is 5.88 Å². The van der Waals surface area contributed by atoms with Crippen LogP contribution in [0.1, 0.15) is 42.5 Å². The molecule has 0 atom stereocenters. The molecule has 5 nitrogen and oxygen atoms in total. The van der Waals surface area contributed by atoms with Gasteiger partial charge in [0, 0.05) is 11.9 Å². The highest BCUT2D eigenvalue weighted by atomic mass is 35.5. The second-order valence-corrected chi connectivity index (χ2v) is 5.62. The van der Waals surface area contributed by atoms with Crippen LogP contribution in [0.5, 0.6) is 0 Å². The van der Waals surface area contributed by atoms with Crippen molar-refractivity contribution in [2.24, 2.45) is 0 Å². The number of hydrogen-bond donors (Lipinski definition) is 1. The van der Waals surface area contributed by atoms with Gasteiger partial charge in [0.25, 0.3) is 11.6 Å². The van der Waals surface area contributed by atoms with Crippen molar-refractivity contribution in [3.8, 4) is 0 Å². The Morgan fingerprint density at radius 3 is 2.57 bits per heavy atom. The molecule has 1 aromatic carbocycles. The molecule has 0 heterocycles. The number of nitrogens with one attached hydrogen (secondary N) is 1. The molecule has 2 rings (SSSR count). The summed E-state index contributed by atoms with van der Waals surface area (Å²) in [5.41, 5.74) is -1.09. The number of nitro benzene ring substituents is 1. The van der Waals surface area contributed by atoms with Gasteiger partial charge in [0.05, 0.1) is 22.1 Å². The van der Waals surface area contributed by atoms with Gasteiger partial charge in [-0.05, 0) is 18.9 Å². The minimum atomic E-state index is -0.901. The van der Waals surface area contributed by atoms with Crippen LogP contribution in [0.25, 0.3) is 0 Å². The molecule has 1 aromatic rings. The highest BCUT2D eigenvalue weighted by Crippen LogP contribution is 2.30. The molecule has 0 spiro atoms. The summed E-state index contributed by atoms with van der Waals surface area (Å²) in [6.45, 7) is 0. The Hall–Kier alpha value is -1.69. The van der Waals surface area contributed by atoms with Gasteiger partial charge in [-0.1, -0.05) is 19.3 Å². The monoisotopic (exact) mass is 314 g/mol. The lowest BCUT2D eigenvalue weighted by molar-refractivity contribution is -0.385. The van der Waals surface area contributed by atoms with Gasteiger partial charge in [-0.2, -0.15) is 0 Å². The second-order valence-electron chi connectivity index (χ2n) is 5.35. The molecule has 0 radical (unpaired) electrons. The zero-order valence-corrected chi connectivity index (χ0v) is 12.2. The van der Waals surface area contributed by atoms with E-state index in [4.69, 9.17) is 11.6 Å². The molecule has 114 valence electrons. The number of rotatable bonds is 4. The predicted octanol–water partition coefficient (Wildman–Crippen LogP) is 3.41. The zero-order chi connectivity index (χ0) is 15.5. The third-order valence-corrected chi connectivity index (χ3v) is 4.36. The van der Waals surface area contributed by atoms with E-state index in [0.29, 0.717) is 0 Å². The number of non-ortho nitro benzene ring substituents is 1. The van der Waals surface area contributed by atoms with Gasteiger partial charge in [-0.3, -0.25) is 14.9 Å². The lowest BCUT2D eigenvalue weighted by atomic mass is 9.83. The van der Waals surface area contributed by atoms with Gasteiger partial charge < -0.3 is 5.32 Å². The number of benzene rings is 1. The Labute approximate surface area is 126 Å². The Morgan fingerprint density at radius 1 is 1.38 bits per heavy atom. The number of carbonyl (C=O) groups is 1. The standard InChI is InChI=1S/C14H16ClFN2O3/c15-9-14(6-2-1-3-7-14)17-13(19)11-5-4-10(18(20)21)8-12(11)16/h4-5,8H,1-3,6-7,9H2,(H,17,19). The normalized spacial score (nSPS) is 17.2. The first-order valence-corrected chi connectivity index (χ1v) is 7.33. The zero-order valence-electron chi connectivity index (χ0n) is 11.4. The minimum Gasteiger partial charge on any atom is -0.345 e. The maximum Gasteiger partial charge on any atom is 0.272 e. The molecule has 0 saturated heterocycles. The molecule has 1 aliphatic rings. The summed E-state index contributed by atoms with van der Waals surface area (Å²) in [7, 11) is 0. The molecular weight excluding hydrogens is 299 g/mol. The van der Waals surface area contributed by atoms with E-state index in [-0.39, 0.29) is 17.1 Å². The minimum absolute atomic E-state index is 0.198. The number of amides is 1. The van der Waals surface area contributed by atoms with Gasteiger partial charge >= 0.3 is 0 Å². The number of nitrogens with zero attached hydrogens (tertiary/aromatic N) is 1. The summed E-state index contributed by atoms with van der Waals surface area (Å²) in [5, 5.41) is 13.4. The Balaban J connectivity index is 2.18. The molecule has 1 N–H and O–H groups in total. The summed E-state index contributed by atoms with van der Waals surface area (Å²) < 4.78 is 13.8. The highest BCUT2D eigenvalue weighted by molar-refractivity contribution is 6.19. The first kappa shape index (κ1) is 15.7. The quantitative estimate of drug-likeness (QED) is 0.526. The van der Waals surface area contributed by atoms with Crippen molar-refractivity contribution in [3.63, 3.8) is 0 Å². The van der Waals surface area contributed by atoms with Gasteiger partial charge in [-0.25, -0.2) is 4.39 Å². The Morgan fingerprint density at radius 2 is 2.05 bits per heavy atom. The van der Waals surface area contributed by atoms with E-state index in [1.807, 2.05) is 0 Å². The van der Waals surface area contributed by atoms with Crippen molar-refractivity contribution in [1.82, 2.24) is 5.32 Å². The fraction of sp³-hybridized carbons (Fsp3) is 0.500. The summed E-state index contributed by atoms with van der Waals surface area (Å²) in [6.07, 6.45) is 4.56. The summed E-state index contributed by atoms with van der Waals surface area (Å²) in [5.74, 6) is -1.21.